The highest BCUT2D eigenvalue weighted by Gasteiger charge is 2.04. The molecular weight excluding hydrogens is 247 g/mol. The SMILES string of the molecule is CNc1ncc(Cc2ccc(F)c(Cl)c2)s1. The summed E-state index contributed by atoms with van der Waals surface area (Å²) in [7, 11) is 1.83. The van der Waals surface area contributed by atoms with Crippen molar-refractivity contribution in [1.82, 2.24) is 4.98 Å². The number of hydrogen-bond acceptors (Lipinski definition) is 3. The molecule has 1 aromatic carbocycles. The van der Waals surface area contributed by atoms with Crippen LogP contribution in [0.4, 0.5) is 9.52 Å². The molecule has 2 nitrogen and oxygen atoms in total. The van der Waals surface area contributed by atoms with E-state index in [1.165, 1.54) is 6.07 Å². The van der Waals surface area contributed by atoms with Crippen LogP contribution in [0.25, 0.3) is 0 Å². The lowest BCUT2D eigenvalue weighted by Crippen LogP contribution is -1.86. The first-order chi connectivity index (χ1) is 7.69. The summed E-state index contributed by atoms with van der Waals surface area (Å²) in [6.45, 7) is 0. The first-order valence-electron chi connectivity index (χ1n) is 4.75. The third-order valence-corrected chi connectivity index (χ3v) is 3.43. The Morgan fingerprint density at radius 1 is 1.50 bits per heavy atom. The van der Waals surface area contributed by atoms with Crippen LogP contribution in [-0.2, 0) is 6.42 Å². The number of halogens is 2. The molecule has 0 spiro atoms. The van der Waals surface area contributed by atoms with Gasteiger partial charge in [0.15, 0.2) is 5.13 Å². The summed E-state index contributed by atoms with van der Waals surface area (Å²) in [6.07, 6.45) is 2.53. The van der Waals surface area contributed by atoms with Crippen LogP contribution < -0.4 is 5.32 Å². The van der Waals surface area contributed by atoms with Gasteiger partial charge in [-0.2, -0.15) is 0 Å². The minimum absolute atomic E-state index is 0.163. The maximum Gasteiger partial charge on any atom is 0.182 e. The molecule has 0 bridgehead atoms. The van der Waals surface area contributed by atoms with Crippen LogP contribution in [0.1, 0.15) is 10.4 Å². The van der Waals surface area contributed by atoms with Gasteiger partial charge >= 0.3 is 0 Å². The van der Waals surface area contributed by atoms with Crippen molar-refractivity contribution in [2.24, 2.45) is 0 Å². The smallest absolute Gasteiger partial charge is 0.182 e. The second kappa shape index (κ2) is 4.80. The van der Waals surface area contributed by atoms with E-state index in [0.717, 1.165) is 22.0 Å². The first kappa shape index (κ1) is 11.4. The summed E-state index contributed by atoms with van der Waals surface area (Å²) in [6, 6.07) is 4.77. The van der Waals surface area contributed by atoms with Gasteiger partial charge in [0.2, 0.25) is 0 Å². The summed E-state index contributed by atoms with van der Waals surface area (Å²) in [5, 5.41) is 4.02. The molecule has 0 radical (unpaired) electrons. The lowest BCUT2D eigenvalue weighted by Gasteiger charge is -2.00. The molecule has 0 fully saturated rings. The monoisotopic (exact) mass is 256 g/mol. The van der Waals surface area contributed by atoms with Crippen molar-refractivity contribution in [3.63, 3.8) is 0 Å². The van der Waals surface area contributed by atoms with E-state index in [-0.39, 0.29) is 10.8 Å². The second-order valence-corrected chi connectivity index (χ2v) is 4.83. The van der Waals surface area contributed by atoms with Crippen LogP contribution in [0.15, 0.2) is 24.4 Å². The van der Waals surface area contributed by atoms with Gasteiger partial charge in [0.1, 0.15) is 5.82 Å². The Balaban J connectivity index is 2.17. The molecule has 16 heavy (non-hydrogen) atoms. The van der Waals surface area contributed by atoms with Gasteiger partial charge in [-0.25, -0.2) is 9.37 Å². The standard InChI is InChI=1S/C11H10ClFN2S/c1-14-11-15-6-8(16-11)4-7-2-3-10(13)9(12)5-7/h2-3,5-6H,4H2,1H3,(H,14,15). The highest BCUT2D eigenvalue weighted by Crippen LogP contribution is 2.23. The van der Waals surface area contributed by atoms with E-state index in [1.807, 2.05) is 13.2 Å². The number of nitrogens with one attached hydrogen (secondary N) is 1. The lowest BCUT2D eigenvalue weighted by atomic mass is 10.1. The van der Waals surface area contributed by atoms with Crippen LogP contribution >= 0.6 is 22.9 Å². The van der Waals surface area contributed by atoms with Gasteiger partial charge < -0.3 is 5.32 Å². The number of anilines is 1. The van der Waals surface area contributed by atoms with Crippen LogP contribution in [0, 0.1) is 5.82 Å². The number of hydrogen-bond donors (Lipinski definition) is 1. The molecule has 1 aromatic heterocycles. The van der Waals surface area contributed by atoms with Gasteiger partial charge in [-0.3, -0.25) is 0 Å². The third-order valence-electron chi connectivity index (χ3n) is 2.13. The summed E-state index contributed by atoms with van der Waals surface area (Å²) in [5.41, 5.74) is 0.984. The predicted molar refractivity (Wildman–Crippen MR) is 65.9 cm³/mol. The molecule has 0 aliphatic heterocycles. The van der Waals surface area contributed by atoms with Crippen molar-refractivity contribution in [2.45, 2.75) is 6.42 Å². The topological polar surface area (TPSA) is 24.9 Å². The fourth-order valence-electron chi connectivity index (χ4n) is 1.36. The van der Waals surface area contributed by atoms with E-state index in [1.54, 1.807) is 23.5 Å². The average molecular weight is 257 g/mol. The largest absolute Gasteiger partial charge is 0.365 e. The molecule has 1 N–H and O–H groups in total. The van der Waals surface area contributed by atoms with E-state index >= 15 is 0 Å². The van der Waals surface area contributed by atoms with E-state index < -0.39 is 0 Å². The van der Waals surface area contributed by atoms with Gasteiger partial charge in [0.25, 0.3) is 0 Å². The quantitative estimate of drug-likeness (QED) is 0.908. The van der Waals surface area contributed by atoms with Crippen molar-refractivity contribution in [3.8, 4) is 0 Å². The van der Waals surface area contributed by atoms with Crippen molar-refractivity contribution in [1.29, 1.82) is 0 Å². The Bertz CT molecular complexity index is 498. The number of nitrogens with zero attached hydrogens (tertiary/aromatic N) is 1. The van der Waals surface area contributed by atoms with Crippen LogP contribution in [0.3, 0.4) is 0 Å². The molecule has 0 saturated heterocycles. The number of aromatic nitrogens is 1. The molecule has 0 atom stereocenters. The molecule has 0 unspecified atom stereocenters. The summed E-state index contributed by atoms with van der Waals surface area (Å²) < 4.78 is 12.9. The molecule has 0 amide bonds. The molecule has 0 aliphatic carbocycles. The summed E-state index contributed by atoms with van der Waals surface area (Å²) >= 11 is 7.29. The van der Waals surface area contributed by atoms with E-state index in [9.17, 15) is 4.39 Å². The van der Waals surface area contributed by atoms with E-state index in [0.29, 0.717) is 0 Å². The molecule has 84 valence electrons. The van der Waals surface area contributed by atoms with Crippen molar-refractivity contribution in [2.75, 3.05) is 12.4 Å². The Labute approximate surface area is 102 Å². The number of thiazole rings is 1. The van der Waals surface area contributed by atoms with Gasteiger partial charge in [0.05, 0.1) is 5.02 Å². The summed E-state index contributed by atoms with van der Waals surface area (Å²) in [4.78, 5) is 5.29. The second-order valence-electron chi connectivity index (χ2n) is 3.31. The fourth-order valence-corrected chi connectivity index (χ4v) is 2.36. The fraction of sp³-hybridized carbons (Fsp3) is 0.182. The minimum Gasteiger partial charge on any atom is -0.365 e. The maximum absolute atomic E-state index is 12.9. The molecule has 0 saturated carbocycles. The molecule has 1 heterocycles. The zero-order valence-corrected chi connectivity index (χ0v) is 10.2. The van der Waals surface area contributed by atoms with Gasteiger partial charge in [-0.15, -0.1) is 11.3 Å². The molecule has 0 aliphatic rings. The van der Waals surface area contributed by atoms with Crippen LogP contribution in [-0.4, -0.2) is 12.0 Å². The lowest BCUT2D eigenvalue weighted by molar-refractivity contribution is 0.627. The normalized spacial score (nSPS) is 10.4. The van der Waals surface area contributed by atoms with Crippen molar-refractivity contribution < 1.29 is 4.39 Å². The van der Waals surface area contributed by atoms with Crippen molar-refractivity contribution >= 4 is 28.1 Å². The molecule has 5 heteroatoms. The Hall–Kier alpha value is -1.13. The van der Waals surface area contributed by atoms with Gasteiger partial charge in [-0.05, 0) is 17.7 Å². The molecule has 2 rings (SSSR count). The number of rotatable bonds is 3. The predicted octanol–water partition coefficient (Wildman–Crippen LogP) is 3.57. The Kier molecular flexibility index (Phi) is 3.41. The third kappa shape index (κ3) is 2.51. The van der Waals surface area contributed by atoms with Gasteiger partial charge in [0, 0.05) is 24.5 Å². The zero-order chi connectivity index (χ0) is 11.5. The average Bonchev–Trinajstić information content (AvgIpc) is 2.71. The molecular formula is C11H10ClFN2S. The van der Waals surface area contributed by atoms with E-state index in [4.69, 9.17) is 11.6 Å². The Morgan fingerprint density at radius 3 is 2.94 bits per heavy atom. The zero-order valence-electron chi connectivity index (χ0n) is 8.63. The minimum atomic E-state index is -0.384. The van der Waals surface area contributed by atoms with E-state index in [2.05, 4.69) is 10.3 Å². The number of benzene rings is 1. The highest BCUT2D eigenvalue weighted by molar-refractivity contribution is 7.15. The summed E-state index contributed by atoms with van der Waals surface area (Å²) in [5.74, 6) is -0.384. The Morgan fingerprint density at radius 2 is 2.31 bits per heavy atom. The van der Waals surface area contributed by atoms with Crippen molar-refractivity contribution in [3.05, 3.63) is 45.7 Å². The van der Waals surface area contributed by atoms with Crippen LogP contribution in [0.5, 0.6) is 0 Å². The highest BCUT2D eigenvalue weighted by atomic mass is 35.5. The van der Waals surface area contributed by atoms with Crippen LogP contribution in [0.2, 0.25) is 5.02 Å². The first-order valence-corrected chi connectivity index (χ1v) is 5.95. The maximum atomic E-state index is 12.9. The van der Waals surface area contributed by atoms with Gasteiger partial charge in [-0.1, -0.05) is 17.7 Å². The molecule has 2 aromatic rings.